The van der Waals surface area contributed by atoms with Crippen LogP contribution in [0.25, 0.3) is 10.4 Å². The summed E-state index contributed by atoms with van der Waals surface area (Å²) in [7, 11) is 0. The van der Waals surface area contributed by atoms with E-state index in [1.54, 1.807) is 26.3 Å². The summed E-state index contributed by atoms with van der Waals surface area (Å²) in [5.74, 6) is -1.91. The molecule has 0 bridgehead atoms. The number of hydrogen-bond acceptors (Lipinski definition) is 7. The molecule has 4 atom stereocenters. The number of β-amino-alcohol motifs (C(OH)–C–C–N with tert-alkyl or cyclic N) is 1. The third-order valence-corrected chi connectivity index (χ3v) is 8.30. The third-order valence-electron chi connectivity index (χ3n) is 7.32. The van der Waals surface area contributed by atoms with Crippen molar-refractivity contribution >= 4 is 35.3 Å². The highest BCUT2D eigenvalue weighted by atomic mass is 32.1. The zero-order valence-corrected chi connectivity index (χ0v) is 23.4. The van der Waals surface area contributed by atoms with Crippen molar-refractivity contribution in [3.8, 4) is 10.4 Å². The van der Waals surface area contributed by atoms with Gasteiger partial charge in [-0.25, -0.2) is 9.37 Å². The van der Waals surface area contributed by atoms with Crippen LogP contribution in [0.3, 0.4) is 0 Å². The number of alkyl halides is 1. The number of carbonyl (C=O) groups is 4. The molecule has 210 valence electrons. The lowest BCUT2D eigenvalue weighted by atomic mass is 9.85. The minimum absolute atomic E-state index is 0.00678. The molecule has 1 aliphatic carbocycles. The molecule has 9 nitrogen and oxygen atoms in total. The summed E-state index contributed by atoms with van der Waals surface area (Å²) < 4.78 is 14.4. The molecule has 1 saturated heterocycles. The third kappa shape index (κ3) is 6.36. The van der Waals surface area contributed by atoms with E-state index < -0.39 is 53.0 Å². The number of aromatic nitrogens is 1. The maximum Gasteiger partial charge on any atom is 0.258 e. The predicted octanol–water partition coefficient (Wildman–Crippen LogP) is 2.86. The molecule has 2 aliphatic rings. The number of amides is 3. The van der Waals surface area contributed by atoms with Crippen LogP contribution in [-0.4, -0.2) is 69.4 Å². The molecule has 3 amide bonds. The van der Waals surface area contributed by atoms with Crippen LogP contribution in [0.4, 0.5) is 4.39 Å². The fraction of sp³-hybridized carbons (Fsp3) is 0.536. The fourth-order valence-electron chi connectivity index (χ4n) is 4.81. The van der Waals surface area contributed by atoms with Gasteiger partial charge in [0, 0.05) is 19.4 Å². The van der Waals surface area contributed by atoms with E-state index in [1.165, 1.54) is 16.2 Å². The van der Waals surface area contributed by atoms with E-state index >= 15 is 0 Å². The van der Waals surface area contributed by atoms with Gasteiger partial charge >= 0.3 is 0 Å². The number of aliphatic hydroxyl groups is 1. The number of rotatable bonds is 9. The average Bonchev–Trinajstić information content (AvgIpc) is 3.29. The number of halogens is 1. The Bertz CT molecular complexity index is 1240. The fourth-order valence-corrected chi connectivity index (χ4v) is 5.62. The predicted molar refractivity (Wildman–Crippen MR) is 144 cm³/mol. The Hall–Kier alpha value is -3.18. The maximum absolute atomic E-state index is 14.4. The van der Waals surface area contributed by atoms with E-state index in [0.29, 0.717) is 6.29 Å². The minimum atomic E-state index is -1.96. The Morgan fingerprint density at radius 3 is 2.44 bits per heavy atom. The highest BCUT2D eigenvalue weighted by Crippen LogP contribution is 2.40. The van der Waals surface area contributed by atoms with Gasteiger partial charge in [-0.15, -0.1) is 11.3 Å². The summed E-state index contributed by atoms with van der Waals surface area (Å²) in [5.41, 5.74) is 1.65. The maximum atomic E-state index is 14.4. The Morgan fingerprint density at radius 2 is 1.90 bits per heavy atom. The largest absolute Gasteiger partial charge is 0.391 e. The molecule has 11 heteroatoms. The van der Waals surface area contributed by atoms with Gasteiger partial charge in [0.05, 0.1) is 28.2 Å². The number of benzene rings is 1. The zero-order chi connectivity index (χ0) is 28.5. The molecule has 39 heavy (non-hydrogen) atoms. The molecule has 1 aromatic carbocycles. The van der Waals surface area contributed by atoms with Crippen LogP contribution in [-0.2, 0) is 19.2 Å². The number of aldehydes is 1. The van der Waals surface area contributed by atoms with Crippen molar-refractivity contribution in [3.63, 3.8) is 0 Å². The second-order valence-corrected chi connectivity index (χ2v) is 12.3. The SMILES string of the molecule is Cc1ncsc1-c1ccc(C(CC=O)NC(=O)C2CC(O)CN2C(=O)C(NC(=O)C2(F)CC2)C(C)(C)C)cc1. The van der Waals surface area contributed by atoms with E-state index in [1.807, 2.05) is 31.2 Å². The summed E-state index contributed by atoms with van der Waals surface area (Å²) in [6.07, 6.45) is 0.0260. The molecule has 4 rings (SSSR count). The Labute approximate surface area is 231 Å². The van der Waals surface area contributed by atoms with Gasteiger partial charge in [-0.3, -0.25) is 14.4 Å². The van der Waals surface area contributed by atoms with Crippen LogP contribution < -0.4 is 10.6 Å². The minimum Gasteiger partial charge on any atom is -0.391 e. The van der Waals surface area contributed by atoms with Crippen LogP contribution in [0.5, 0.6) is 0 Å². The zero-order valence-electron chi connectivity index (χ0n) is 22.6. The topological polar surface area (TPSA) is 129 Å². The molecule has 1 aromatic heterocycles. The van der Waals surface area contributed by atoms with Crippen molar-refractivity contribution in [1.29, 1.82) is 0 Å². The number of nitrogens with zero attached hydrogens (tertiary/aromatic N) is 2. The van der Waals surface area contributed by atoms with E-state index in [9.17, 15) is 28.7 Å². The number of hydrogen-bond donors (Lipinski definition) is 3. The summed E-state index contributed by atoms with van der Waals surface area (Å²) >= 11 is 1.52. The van der Waals surface area contributed by atoms with E-state index in [2.05, 4.69) is 15.6 Å². The van der Waals surface area contributed by atoms with Crippen molar-refractivity contribution in [2.24, 2.45) is 5.41 Å². The summed E-state index contributed by atoms with van der Waals surface area (Å²) in [4.78, 5) is 57.6. The van der Waals surface area contributed by atoms with Gasteiger partial charge in [0.25, 0.3) is 5.91 Å². The van der Waals surface area contributed by atoms with Gasteiger partial charge in [0.15, 0.2) is 5.67 Å². The second kappa shape index (κ2) is 11.1. The van der Waals surface area contributed by atoms with E-state index in [4.69, 9.17) is 0 Å². The first-order chi connectivity index (χ1) is 18.3. The van der Waals surface area contributed by atoms with Gasteiger partial charge in [-0.2, -0.15) is 0 Å². The highest BCUT2D eigenvalue weighted by Gasteiger charge is 2.53. The van der Waals surface area contributed by atoms with Crippen molar-refractivity contribution in [2.45, 2.75) is 83.3 Å². The quantitative estimate of drug-likeness (QED) is 0.406. The standard InChI is InChI=1S/C28H35FN4O5S/c1-16-22(39-15-30-16)18-7-5-17(6-8-18)20(9-12-34)31-24(36)21-13-19(35)14-33(21)25(37)23(27(2,3)4)32-26(38)28(29)10-11-28/h5-8,12,15,19-21,23,35H,9-11,13-14H2,1-4H3,(H,31,36)(H,32,38). The molecule has 1 aliphatic heterocycles. The average molecular weight is 559 g/mol. The Balaban J connectivity index is 1.51. The lowest BCUT2D eigenvalue weighted by Gasteiger charge is -2.36. The van der Waals surface area contributed by atoms with Crippen LogP contribution in [0.1, 0.15) is 63.8 Å². The van der Waals surface area contributed by atoms with Crippen LogP contribution in [0.2, 0.25) is 0 Å². The lowest BCUT2D eigenvalue weighted by molar-refractivity contribution is -0.145. The highest BCUT2D eigenvalue weighted by molar-refractivity contribution is 7.13. The smallest absolute Gasteiger partial charge is 0.258 e. The first-order valence-electron chi connectivity index (χ1n) is 13.1. The van der Waals surface area contributed by atoms with Crippen molar-refractivity contribution in [2.75, 3.05) is 6.54 Å². The van der Waals surface area contributed by atoms with Gasteiger partial charge < -0.3 is 25.4 Å². The molecule has 1 saturated carbocycles. The van der Waals surface area contributed by atoms with Crippen molar-refractivity contribution in [3.05, 3.63) is 41.0 Å². The molecule has 3 N–H and O–H groups in total. The van der Waals surface area contributed by atoms with Crippen LogP contribution in [0.15, 0.2) is 29.8 Å². The Kier molecular flexibility index (Phi) is 8.22. The summed E-state index contributed by atoms with van der Waals surface area (Å²) in [6, 6.07) is 4.75. The molecule has 0 radical (unpaired) electrons. The molecule has 4 unspecified atom stereocenters. The molecular weight excluding hydrogens is 523 g/mol. The molecule has 0 spiro atoms. The van der Waals surface area contributed by atoms with Crippen molar-refractivity contribution in [1.82, 2.24) is 20.5 Å². The first-order valence-corrected chi connectivity index (χ1v) is 13.9. The number of aryl methyl sites for hydroxylation is 1. The summed E-state index contributed by atoms with van der Waals surface area (Å²) in [6.45, 7) is 7.06. The normalized spacial score (nSPS) is 21.6. The molecule has 2 heterocycles. The number of nitrogens with one attached hydrogen (secondary N) is 2. The molecular formula is C28H35FN4O5S. The monoisotopic (exact) mass is 558 g/mol. The van der Waals surface area contributed by atoms with Gasteiger partial charge in [-0.1, -0.05) is 45.0 Å². The lowest BCUT2D eigenvalue weighted by Crippen LogP contribution is -2.59. The summed E-state index contributed by atoms with van der Waals surface area (Å²) in [5, 5.41) is 15.8. The van der Waals surface area contributed by atoms with Gasteiger partial charge in [0.2, 0.25) is 11.8 Å². The Morgan fingerprint density at radius 1 is 1.23 bits per heavy atom. The van der Waals surface area contributed by atoms with E-state index in [-0.39, 0.29) is 32.2 Å². The number of thiazole rings is 1. The second-order valence-electron chi connectivity index (χ2n) is 11.5. The number of carbonyl (C=O) groups excluding carboxylic acids is 4. The molecule has 2 fully saturated rings. The first kappa shape index (κ1) is 28.8. The van der Waals surface area contributed by atoms with Gasteiger partial charge in [0.1, 0.15) is 18.4 Å². The molecule has 2 aromatic rings. The van der Waals surface area contributed by atoms with Crippen molar-refractivity contribution < 1.29 is 28.7 Å². The van der Waals surface area contributed by atoms with Gasteiger partial charge in [-0.05, 0) is 36.3 Å². The number of likely N-dealkylation sites (tertiary alicyclic amines) is 1. The van der Waals surface area contributed by atoms with Crippen LogP contribution in [0, 0.1) is 12.3 Å². The van der Waals surface area contributed by atoms with Crippen LogP contribution >= 0.6 is 11.3 Å². The van der Waals surface area contributed by atoms with E-state index in [0.717, 1.165) is 21.7 Å². The number of aliphatic hydroxyl groups excluding tert-OH is 1.